The Labute approximate surface area is 121 Å². The van der Waals surface area contributed by atoms with Crippen molar-refractivity contribution in [1.29, 1.82) is 0 Å². The van der Waals surface area contributed by atoms with Crippen LogP contribution in [0.4, 0.5) is 0 Å². The summed E-state index contributed by atoms with van der Waals surface area (Å²) < 4.78 is 0. The van der Waals surface area contributed by atoms with Crippen molar-refractivity contribution in [1.82, 2.24) is 9.80 Å². The van der Waals surface area contributed by atoms with Gasteiger partial charge in [-0.3, -0.25) is 14.6 Å². The zero-order chi connectivity index (χ0) is 14.5. The summed E-state index contributed by atoms with van der Waals surface area (Å²) in [6.45, 7) is 7.24. The van der Waals surface area contributed by atoms with Gasteiger partial charge >= 0.3 is 5.97 Å². The SMILES string of the molecule is CC(C)N(CC(=O)O)C1CCN(Cc2ccccc2)C1. The fraction of sp³-hybridized carbons (Fsp3) is 0.562. The molecule has 1 fully saturated rings. The summed E-state index contributed by atoms with van der Waals surface area (Å²) in [7, 11) is 0. The largest absolute Gasteiger partial charge is 0.480 e. The summed E-state index contributed by atoms with van der Waals surface area (Å²) in [5.74, 6) is -0.736. The van der Waals surface area contributed by atoms with Gasteiger partial charge in [-0.1, -0.05) is 30.3 Å². The number of nitrogens with zero attached hydrogens (tertiary/aromatic N) is 2. The summed E-state index contributed by atoms with van der Waals surface area (Å²) in [5.41, 5.74) is 1.32. The summed E-state index contributed by atoms with van der Waals surface area (Å²) in [6.07, 6.45) is 1.05. The van der Waals surface area contributed by atoms with Crippen LogP contribution in [0.5, 0.6) is 0 Å². The first-order chi connectivity index (χ1) is 9.56. The molecule has 0 aromatic heterocycles. The molecule has 1 aromatic carbocycles. The summed E-state index contributed by atoms with van der Waals surface area (Å²) in [5, 5.41) is 9.04. The van der Waals surface area contributed by atoms with Crippen LogP contribution in [0, 0.1) is 0 Å². The minimum atomic E-state index is -0.736. The first-order valence-electron chi connectivity index (χ1n) is 7.30. The van der Waals surface area contributed by atoms with E-state index in [1.54, 1.807) is 0 Å². The number of hydrogen-bond donors (Lipinski definition) is 1. The Balaban J connectivity index is 1.92. The van der Waals surface area contributed by atoms with Crippen LogP contribution in [0.15, 0.2) is 30.3 Å². The lowest BCUT2D eigenvalue weighted by Gasteiger charge is -2.31. The molecule has 0 radical (unpaired) electrons. The van der Waals surface area contributed by atoms with E-state index in [9.17, 15) is 4.79 Å². The second-order valence-corrected chi connectivity index (χ2v) is 5.82. The average molecular weight is 276 g/mol. The van der Waals surface area contributed by atoms with Crippen molar-refractivity contribution in [2.24, 2.45) is 0 Å². The molecule has 2 rings (SSSR count). The third-order valence-corrected chi connectivity index (χ3v) is 3.95. The molecule has 1 N–H and O–H groups in total. The average Bonchev–Trinajstić information content (AvgIpc) is 2.85. The topological polar surface area (TPSA) is 43.8 Å². The molecule has 1 atom stereocenters. The van der Waals surface area contributed by atoms with Gasteiger partial charge in [-0.05, 0) is 25.8 Å². The van der Waals surface area contributed by atoms with Crippen LogP contribution in [0.25, 0.3) is 0 Å². The van der Waals surface area contributed by atoms with E-state index in [4.69, 9.17) is 5.11 Å². The van der Waals surface area contributed by atoms with Crippen LogP contribution < -0.4 is 0 Å². The Morgan fingerprint density at radius 3 is 2.70 bits per heavy atom. The van der Waals surface area contributed by atoms with E-state index < -0.39 is 5.97 Å². The molecule has 4 nitrogen and oxygen atoms in total. The molecule has 0 aliphatic carbocycles. The molecule has 1 saturated heterocycles. The maximum absolute atomic E-state index is 11.0. The number of likely N-dealkylation sites (tertiary alicyclic amines) is 1. The number of carboxylic acid groups (broad SMARTS) is 1. The van der Waals surface area contributed by atoms with Gasteiger partial charge in [-0.15, -0.1) is 0 Å². The van der Waals surface area contributed by atoms with E-state index in [2.05, 4.69) is 47.9 Å². The third-order valence-electron chi connectivity index (χ3n) is 3.95. The molecular formula is C16H24N2O2. The molecule has 4 heteroatoms. The van der Waals surface area contributed by atoms with Crippen molar-refractivity contribution < 1.29 is 9.90 Å². The van der Waals surface area contributed by atoms with E-state index in [0.29, 0.717) is 6.04 Å². The van der Waals surface area contributed by atoms with E-state index in [1.807, 2.05) is 6.07 Å². The standard InChI is InChI=1S/C16H24N2O2/c1-13(2)18(12-16(19)20)15-8-9-17(11-15)10-14-6-4-3-5-7-14/h3-7,13,15H,8-12H2,1-2H3,(H,19,20). The van der Waals surface area contributed by atoms with Gasteiger partial charge in [0.1, 0.15) is 0 Å². The Hall–Kier alpha value is -1.39. The zero-order valence-electron chi connectivity index (χ0n) is 12.3. The maximum atomic E-state index is 11.0. The molecule has 1 unspecified atom stereocenters. The summed E-state index contributed by atoms with van der Waals surface area (Å²) >= 11 is 0. The van der Waals surface area contributed by atoms with Crippen molar-refractivity contribution in [2.75, 3.05) is 19.6 Å². The van der Waals surface area contributed by atoms with E-state index in [-0.39, 0.29) is 12.6 Å². The minimum absolute atomic E-state index is 0.140. The summed E-state index contributed by atoms with van der Waals surface area (Å²) in [4.78, 5) is 15.5. The van der Waals surface area contributed by atoms with Crippen LogP contribution in [-0.2, 0) is 11.3 Å². The second kappa shape index (κ2) is 6.86. The van der Waals surface area contributed by atoms with Crippen LogP contribution in [-0.4, -0.2) is 52.6 Å². The lowest BCUT2D eigenvalue weighted by atomic mass is 10.1. The van der Waals surface area contributed by atoms with E-state index >= 15 is 0 Å². The van der Waals surface area contributed by atoms with Crippen LogP contribution in [0.1, 0.15) is 25.8 Å². The van der Waals surface area contributed by atoms with Crippen molar-refractivity contribution in [3.05, 3.63) is 35.9 Å². The first kappa shape index (κ1) is 15.0. The van der Waals surface area contributed by atoms with Gasteiger partial charge in [0.15, 0.2) is 0 Å². The predicted octanol–water partition coefficient (Wildman–Crippen LogP) is 2.06. The highest BCUT2D eigenvalue weighted by molar-refractivity contribution is 5.69. The third kappa shape index (κ3) is 4.05. The minimum Gasteiger partial charge on any atom is -0.480 e. The Kier molecular flexibility index (Phi) is 5.15. The molecule has 0 amide bonds. The second-order valence-electron chi connectivity index (χ2n) is 5.82. The van der Waals surface area contributed by atoms with Crippen molar-refractivity contribution in [3.63, 3.8) is 0 Å². The Bertz CT molecular complexity index is 433. The van der Waals surface area contributed by atoms with Gasteiger partial charge < -0.3 is 5.11 Å². The monoisotopic (exact) mass is 276 g/mol. The Morgan fingerprint density at radius 2 is 2.10 bits per heavy atom. The maximum Gasteiger partial charge on any atom is 0.317 e. The fourth-order valence-electron chi connectivity index (χ4n) is 2.96. The van der Waals surface area contributed by atoms with Gasteiger partial charge in [0.05, 0.1) is 6.54 Å². The van der Waals surface area contributed by atoms with Gasteiger partial charge in [0.25, 0.3) is 0 Å². The molecule has 0 spiro atoms. The molecule has 1 aliphatic heterocycles. The highest BCUT2D eigenvalue weighted by Crippen LogP contribution is 2.19. The van der Waals surface area contributed by atoms with Gasteiger partial charge in [0.2, 0.25) is 0 Å². The van der Waals surface area contributed by atoms with Crippen LogP contribution in [0.2, 0.25) is 0 Å². The number of aliphatic carboxylic acids is 1. The first-order valence-corrected chi connectivity index (χ1v) is 7.30. The van der Waals surface area contributed by atoms with Crippen molar-refractivity contribution >= 4 is 5.97 Å². The molecule has 20 heavy (non-hydrogen) atoms. The van der Waals surface area contributed by atoms with Gasteiger partial charge in [0, 0.05) is 31.7 Å². The predicted molar refractivity (Wildman–Crippen MR) is 79.6 cm³/mol. The quantitative estimate of drug-likeness (QED) is 0.863. The smallest absolute Gasteiger partial charge is 0.317 e. The number of hydrogen-bond acceptors (Lipinski definition) is 3. The van der Waals surface area contributed by atoms with Crippen LogP contribution in [0.3, 0.4) is 0 Å². The molecule has 1 heterocycles. The number of carbonyl (C=O) groups is 1. The molecule has 0 saturated carbocycles. The normalized spacial score (nSPS) is 19.9. The molecular weight excluding hydrogens is 252 g/mol. The molecule has 110 valence electrons. The van der Waals surface area contributed by atoms with E-state index in [0.717, 1.165) is 26.1 Å². The number of carboxylic acids is 1. The molecule has 1 aliphatic rings. The number of benzene rings is 1. The number of rotatable bonds is 6. The van der Waals surface area contributed by atoms with Crippen LogP contribution >= 0.6 is 0 Å². The van der Waals surface area contributed by atoms with Gasteiger partial charge in [-0.2, -0.15) is 0 Å². The highest BCUT2D eigenvalue weighted by Gasteiger charge is 2.30. The van der Waals surface area contributed by atoms with E-state index in [1.165, 1.54) is 5.56 Å². The fourth-order valence-corrected chi connectivity index (χ4v) is 2.96. The lowest BCUT2D eigenvalue weighted by Crippen LogP contribution is -2.44. The van der Waals surface area contributed by atoms with Gasteiger partial charge in [-0.25, -0.2) is 0 Å². The zero-order valence-corrected chi connectivity index (χ0v) is 12.3. The van der Waals surface area contributed by atoms with Crippen molar-refractivity contribution in [3.8, 4) is 0 Å². The Morgan fingerprint density at radius 1 is 1.40 bits per heavy atom. The van der Waals surface area contributed by atoms with Crippen molar-refractivity contribution in [2.45, 2.75) is 38.9 Å². The molecule has 1 aromatic rings. The highest BCUT2D eigenvalue weighted by atomic mass is 16.4. The lowest BCUT2D eigenvalue weighted by molar-refractivity contribution is -0.139. The summed E-state index contributed by atoms with van der Waals surface area (Å²) in [6, 6.07) is 11.1. The molecule has 0 bridgehead atoms.